The van der Waals surface area contributed by atoms with E-state index >= 15 is 0 Å². The molecule has 1 aliphatic rings. The van der Waals surface area contributed by atoms with Gasteiger partial charge in [0.1, 0.15) is 5.75 Å². The van der Waals surface area contributed by atoms with Crippen molar-refractivity contribution in [3.05, 3.63) is 59.1 Å². The van der Waals surface area contributed by atoms with Gasteiger partial charge in [0.05, 0.1) is 11.7 Å². The van der Waals surface area contributed by atoms with Gasteiger partial charge in [-0.25, -0.2) is 0 Å². The van der Waals surface area contributed by atoms with E-state index in [9.17, 15) is 9.59 Å². The predicted octanol–water partition coefficient (Wildman–Crippen LogP) is 4.84. The average Bonchev–Trinajstić information content (AvgIpc) is 3.13. The lowest BCUT2D eigenvalue weighted by Crippen LogP contribution is -2.38. The number of rotatable bonds is 6. The van der Waals surface area contributed by atoms with Gasteiger partial charge in [-0.05, 0) is 55.5 Å². The maximum absolute atomic E-state index is 12.9. The van der Waals surface area contributed by atoms with Crippen LogP contribution in [0.1, 0.15) is 30.6 Å². The number of ether oxygens (including phenoxy) is 1. The van der Waals surface area contributed by atoms with Crippen LogP contribution in [0.5, 0.6) is 5.75 Å². The van der Waals surface area contributed by atoms with Crippen molar-refractivity contribution in [2.75, 3.05) is 17.3 Å². The Labute approximate surface area is 173 Å². The highest BCUT2D eigenvalue weighted by Crippen LogP contribution is 2.27. The van der Waals surface area contributed by atoms with Gasteiger partial charge in [-0.1, -0.05) is 30.3 Å². The van der Waals surface area contributed by atoms with Crippen LogP contribution in [0.4, 0.5) is 5.69 Å². The molecule has 0 aromatic heterocycles. The quantitative estimate of drug-likeness (QED) is 0.632. The van der Waals surface area contributed by atoms with Crippen molar-refractivity contribution in [2.24, 2.45) is 4.99 Å². The van der Waals surface area contributed by atoms with Gasteiger partial charge in [-0.3, -0.25) is 19.5 Å². The van der Waals surface area contributed by atoms with Crippen LogP contribution in [0.3, 0.4) is 0 Å². The third-order valence-corrected chi connectivity index (χ3v) is 5.62. The van der Waals surface area contributed by atoms with Crippen molar-refractivity contribution in [1.82, 2.24) is 0 Å². The van der Waals surface area contributed by atoms with Crippen LogP contribution in [-0.4, -0.2) is 35.3 Å². The Kier molecular flexibility index (Phi) is 6.75. The van der Waals surface area contributed by atoms with Crippen LogP contribution in [0.2, 0.25) is 5.02 Å². The largest absolute Gasteiger partial charge is 0.484 e. The SMILES string of the molecule is CCC(=O)c1ccc(OCC(=O)N(C2=N[C@H](C)CS2)c2ccc(Cl)cc2)cc1. The van der Waals surface area contributed by atoms with Crippen LogP contribution in [0, 0.1) is 0 Å². The average molecular weight is 417 g/mol. The van der Waals surface area contributed by atoms with Gasteiger partial charge in [0.25, 0.3) is 5.91 Å². The van der Waals surface area contributed by atoms with Crippen LogP contribution < -0.4 is 9.64 Å². The molecular formula is C21H21ClN2O3S. The molecule has 3 rings (SSSR count). The molecule has 0 radical (unpaired) electrons. The van der Waals surface area contributed by atoms with Gasteiger partial charge in [0.15, 0.2) is 17.6 Å². The van der Waals surface area contributed by atoms with Crippen molar-refractivity contribution >= 4 is 45.9 Å². The van der Waals surface area contributed by atoms with E-state index in [2.05, 4.69) is 4.99 Å². The molecule has 0 saturated heterocycles. The van der Waals surface area contributed by atoms with Gasteiger partial charge in [-0.15, -0.1) is 0 Å². The summed E-state index contributed by atoms with van der Waals surface area (Å²) in [6, 6.07) is 14.0. The molecule has 5 nitrogen and oxygen atoms in total. The topological polar surface area (TPSA) is 59.0 Å². The number of halogens is 1. The first-order valence-corrected chi connectivity index (χ1v) is 10.4. The van der Waals surface area contributed by atoms with Gasteiger partial charge >= 0.3 is 0 Å². The number of hydrogen-bond donors (Lipinski definition) is 0. The fourth-order valence-corrected chi connectivity index (χ4v) is 3.86. The summed E-state index contributed by atoms with van der Waals surface area (Å²) in [7, 11) is 0. The second kappa shape index (κ2) is 9.26. The Morgan fingerprint density at radius 2 is 1.86 bits per heavy atom. The standard InChI is InChI=1S/C21H21ClN2O3S/c1-3-19(25)15-4-10-18(11-5-15)27-12-20(26)24(21-23-14(2)13-28-21)17-8-6-16(22)7-9-17/h4-11,14H,3,12-13H2,1-2H3/t14-/m1/s1. The van der Waals surface area contributed by atoms with Crippen molar-refractivity contribution in [3.63, 3.8) is 0 Å². The normalized spacial score (nSPS) is 15.8. The van der Waals surface area contributed by atoms with Crippen molar-refractivity contribution in [1.29, 1.82) is 0 Å². The van der Waals surface area contributed by atoms with E-state index in [-0.39, 0.29) is 24.3 Å². The highest BCUT2D eigenvalue weighted by atomic mass is 35.5. The molecule has 0 aliphatic carbocycles. The minimum absolute atomic E-state index is 0.0712. The maximum Gasteiger partial charge on any atom is 0.271 e. The molecule has 0 unspecified atom stereocenters. The number of thioether (sulfide) groups is 1. The van der Waals surface area contributed by atoms with Gasteiger partial charge in [0.2, 0.25) is 0 Å². The van der Waals surface area contributed by atoms with Gasteiger partial charge < -0.3 is 4.74 Å². The third-order valence-electron chi connectivity index (χ3n) is 4.17. The lowest BCUT2D eigenvalue weighted by molar-refractivity contribution is -0.119. The van der Waals surface area contributed by atoms with Gasteiger partial charge in [0, 0.05) is 22.8 Å². The molecule has 1 amide bonds. The number of amides is 1. The number of amidine groups is 1. The van der Waals surface area contributed by atoms with Crippen LogP contribution in [0.15, 0.2) is 53.5 Å². The molecule has 0 fully saturated rings. The molecule has 2 aromatic rings. The number of Topliss-reactive ketones (excluding diaryl/α,β-unsaturated/α-hetero) is 1. The summed E-state index contributed by atoms with van der Waals surface area (Å²) in [6.07, 6.45) is 0.451. The van der Waals surface area contributed by atoms with Crippen LogP contribution in [-0.2, 0) is 4.79 Å². The minimum atomic E-state index is -0.226. The first kappa shape index (κ1) is 20.4. The van der Waals surface area contributed by atoms with E-state index in [1.807, 2.05) is 13.8 Å². The highest BCUT2D eigenvalue weighted by molar-refractivity contribution is 8.14. The first-order valence-electron chi connectivity index (χ1n) is 9.03. The Balaban J connectivity index is 1.73. The Hall–Kier alpha value is -2.31. The molecule has 7 heteroatoms. The zero-order valence-corrected chi connectivity index (χ0v) is 17.3. The molecule has 1 atom stereocenters. The molecule has 0 bridgehead atoms. The molecule has 0 N–H and O–H groups in total. The zero-order valence-electron chi connectivity index (χ0n) is 15.7. The van der Waals surface area contributed by atoms with E-state index in [1.165, 1.54) is 0 Å². The summed E-state index contributed by atoms with van der Waals surface area (Å²) in [6.45, 7) is 3.69. The second-order valence-electron chi connectivity index (χ2n) is 6.37. The smallest absolute Gasteiger partial charge is 0.271 e. The number of nitrogens with zero attached hydrogens (tertiary/aromatic N) is 2. The fraction of sp³-hybridized carbons (Fsp3) is 0.286. The number of ketones is 1. The molecule has 1 heterocycles. The summed E-state index contributed by atoms with van der Waals surface area (Å²) in [4.78, 5) is 30.8. The Bertz CT molecular complexity index is 882. The van der Waals surface area contributed by atoms with Crippen molar-refractivity contribution in [2.45, 2.75) is 26.3 Å². The number of aliphatic imine (C=N–C) groups is 1. The summed E-state index contributed by atoms with van der Waals surface area (Å²) in [5.74, 6) is 1.21. The van der Waals surface area contributed by atoms with Crippen molar-refractivity contribution < 1.29 is 14.3 Å². The van der Waals surface area contributed by atoms with Crippen LogP contribution in [0.25, 0.3) is 0 Å². The van der Waals surface area contributed by atoms with Crippen LogP contribution >= 0.6 is 23.4 Å². The number of carbonyl (C=O) groups excluding carboxylic acids is 2. The molecule has 1 aliphatic heterocycles. The first-order chi connectivity index (χ1) is 13.5. The summed E-state index contributed by atoms with van der Waals surface area (Å²) < 4.78 is 5.66. The summed E-state index contributed by atoms with van der Waals surface area (Å²) in [5.41, 5.74) is 1.33. The highest BCUT2D eigenvalue weighted by Gasteiger charge is 2.27. The molecule has 2 aromatic carbocycles. The van der Waals surface area contributed by atoms with E-state index < -0.39 is 0 Å². The zero-order chi connectivity index (χ0) is 20.1. The number of carbonyl (C=O) groups is 2. The van der Waals surface area contributed by atoms with E-state index in [0.29, 0.717) is 33.6 Å². The molecule has 146 valence electrons. The summed E-state index contributed by atoms with van der Waals surface area (Å²) >= 11 is 7.52. The lowest BCUT2D eigenvalue weighted by atomic mass is 10.1. The lowest BCUT2D eigenvalue weighted by Gasteiger charge is -2.22. The monoisotopic (exact) mass is 416 g/mol. The van der Waals surface area contributed by atoms with E-state index in [1.54, 1.807) is 65.2 Å². The Morgan fingerprint density at radius 1 is 1.18 bits per heavy atom. The molecule has 28 heavy (non-hydrogen) atoms. The minimum Gasteiger partial charge on any atom is -0.484 e. The predicted molar refractivity (Wildman–Crippen MR) is 115 cm³/mol. The number of hydrogen-bond acceptors (Lipinski definition) is 5. The number of benzene rings is 2. The fourth-order valence-electron chi connectivity index (χ4n) is 2.68. The summed E-state index contributed by atoms with van der Waals surface area (Å²) in [5, 5.41) is 1.26. The maximum atomic E-state index is 12.9. The van der Waals surface area contributed by atoms with Crippen molar-refractivity contribution in [3.8, 4) is 5.75 Å². The molecule has 0 saturated carbocycles. The van der Waals surface area contributed by atoms with E-state index in [0.717, 1.165) is 5.75 Å². The van der Waals surface area contributed by atoms with E-state index in [4.69, 9.17) is 16.3 Å². The van der Waals surface area contributed by atoms with Gasteiger partial charge in [-0.2, -0.15) is 0 Å². The number of anilines is 1. The Morgan fingerprint density at radius 3 is 2.43 bits per heavy atom. The molecular weight excluding hydrogens is 396 g/mol. The third kappa shape index (κ3) is 4.94. The molecule has 0 spiro atoms. The second-order valence-corrected chi connectivity index (χ2v) is 7.79.